The van der Waals surface area contributed by atoms with Gasteiger partial charge in [-0.1, -0.05) is 6.42 Å². The van der Waals surface area contributed by atoms with Crippen molar-refractivity contribution in [2.24, 2.45) is 0 Å². The summed E-state index contributed by atoms with van der Waals surface area (Å²) in [4.78, 5) is 14.5. The zero-order valence-corrected chi connectivity index (χ0v) is 13.4. The van der Waals surface area contributed by atoms with E-state index in [0.717, 1.165) is 39.1 Å². The van der Waals surface area contributed by atoms with E-state index < -0.39 is 0 Å². The Labute approximate surface area is 122 Å². The van der Waals surface area contributed by atoms with E-state index in [1.807, 2.05) is 25.6 Å². The highest BCUT2D eigenvalue weighted by Crippen LogP contribution is 2.15. The molecule has 1 saturated heterocycles. The van der Waals surface area contributed by atoms with Crippen LogP contribution in [0.4, 0.5) is 0 Å². The first-order valence-electron chi connectivity index (χ1n) is 7.32. The number of carbonyl (C=O) groups excluding carboxylic acids is 1. The predicted octanol–water partition coefficient (Wildman–Crippen LogP) is 1.32. The van der Waals surface area contributed by atoms with E-state index in [1.165, 1.54) is 18.6 Å². The van der Waals surface area contributed by atoms with Crippen LogP contribution in [0, 0.1) is 0 Å². The molecule has 0 saturated carbocycles. The van der Waals surface area contributed by atoms with Gasteiger partial charge in [0.1, 0.15) is 0 Å². The molecule has 0 aromatic heterocycles. The fourth-order valence-corrected chi connectivity index (χ4v) is 2.83. The van der Waals surface area contributed by atoms with E-state index in [1.54, 1.807) is 0 Å². The maximum absolute atomic E-state index is 12.3. The van der Waals surface area contributed by atoms with Gasteiger partial charge in [0, 0.05) is 32.7 Å². The standard InChI is InChI=1S/C14H29N3OS/c1-14(2,17-10-8-15-9-11-17)13(18)16-7-5-4-6-12-19-3/h15H,4-12H2,1-3H3,(H,16,18). The number of piperazine rings is 1. The van der Waals surface area contributed by atoms with Crippen molar-refractivity contribution < 1.29 is 4.79 Å². The van der Waals surface area contributed by atoms with E-state index >= 15 is 0 Å². The van der Waals surface area contributed by atoms with Gasteiger partial charge in [0.2, 0.25) is 5.91 Å². The monoisotopic (exact) mass is 287 g/mol. The van der Waals surface area contributed by atoms with Gasteiger partial charge in [0.05, 0.1) is 5.54 Å². The molecule has 0 unspecified atom stereocenters. The molecule has 1 heterocycles. The van der Waals surface area contributed by atoms with Crippen molar-refractivity contribution in [1.82, 2.24) is 15.5 Å². The SMILES string of the molecule is CSCCCCCNC(=O)C(C)(C)N1CCNCC1. The van der Waals surface area contributed by atoms with Crippen LogP contribution in [0.5, 0.6) is 0 Å². The zero-order valence-electron chi connectivity index (χ0n) is 12.6. The molecule has 1 aliphatic heterocycles. The van der Waals surface area contributed by atoms with Crippen LogP contribution in [0.25, 0.3) is 0 Å². The fourth-order valence-electron chi connectivity index (χ4n) is 2.33. The highest BCUT2D eigenvalue weighted by Gasteiger charge is 2.34. The molecule has 1 rings (SSSR count). The molecular weight excluding hydrogens is 258 g/mol. The van der Waals surface area contributed by atoms with Crippen LogP contribution in [0.1, 0.15) is 33.1 Å². The van der Waals surface area contributed by atoms with Gasteiger partial charge in [-0.2, -0.15) is 11.8 Å². The van der Waals surface area contributed by atoms with E-state index in [2.05, 4.69) is 21.8 Å². The number of rotatable bonds is 8. The first kappa shape index (κ1) is 16.8. The quantitative estimate of drug-likeness (QED) is 0.661. The van der Waals surface area contributed by atoms with Crippen molar-refractivity contribution in [3.63, 3.8) is 0 Å². The summed E-state index contributed by atoms with van der Waals surface area (Å²) in [7, 11) is 0. The Balaban J connectivity index is 2.22. The molecule has 1 fully saturated rings. The highest BCUT2D eigenvalue weighted by molar-refractivity contribution is 7.98. The Kier molecular flexibility index (Phi) is 7.80. The zero-order chi connectivity index (χ0) is 14.1. The molecule has 1 amide bonds. The minimum Gasteiger partial charge on any atom is -0.355 e. The molecule has 19 heavy (non-hydrogen) atoms. The molecule has 5 heteroatoms. The molecule has 112 valence electrons. The smallest absolute Gasteiger partial charge is 0.239 e. The topological polar surface area (TPSA) is 44.4 Å². The molecule has 0 bridgehead atoms. The number of nitrogens with zero attached hydrogens (tertiary/aromatic N) is 1. The third-order valence-electron chi connectivity index (χ3n) is 3.77. The predicted molar refractivity (Wildman–Crippen MR) is 83.8 cm³/mol. The van der Waals surface area contributed by atoms with E-state index in [-0.39, 0.29) is 11.4 Å². The van der Waals surface area contributed by atoms with Gasteiger partial charge in [-0.15, -0.1) is 0 Å². The number of thioether (sulfide) groups is 1. The Morgan fingerprint density at radius 3 is 2.58 bits per heavy atom. The van der Waals surface area contributed by atoms with Crippen LogP contribution >= 0.6 is 11.8 Å². The largest absolute Gasteiger partial charge is 0.355 e. The number of amides is 1. The van der Waals surface area contributed by atoms with Gasteiger partial charge < -0.3 is 10.6 Å². The Bertz CT molecular complexity index is 265. The van der Waals surface area contributed by atoms with Crippen molar-refractivity contribution in [1.29, 1.82) is 0 Å². The van der Waals surface area contributed by atoms with Crippen LogP contribution in [0.3, 0.4) is 0 Å². The van der Waals surface area contributed by atoms with Crippen LogP contribution in [0.2, 0.25) is 0 Å². The van der Waals surface area contributed by atoms with Gasteiger partial charge in [0.25, 0.3) is 0 Å². The Hall–Kier alpha value is -0.260. The second kappa shape index (κ2) is 8.82. The third-order valence-corrected chi connectivity index (χ3v) is 4.47. The summed E-state index contributed by atoms with van der Waals surface area (Å²) in [6.45, 7) is 8.73. The Morgan fingerprint density at radius 2 is 1.95 bits per heavy atom. The lowest BCUT2D eigenvalue weighted by Gasteiger charge is -2.39. The first-order valence-corrected chi connectivity index (χ1v) is 8.71. The molecule has 0 atom stereocenters. The maximum atomic E-state index is 12.3. The van der Waals surface area contributed by atoms with Crippen molar-refractivity contribution in [3.8, 4) is 0 Å². The summed E-state index contributed by atoms with van der Waals surface area (Å²) in [6.07, 6.45) is 5.68. The molecule has 1 aliphatic rings. The normalized spacial score (nSPS) is 17.4. The summed E-state index contributed by atoms with van der Waals surface area (Å²) in [5.74, 6) is 1.39. The minimum absolute atomic E-state index is 0.166. The van der Waals surface area contributed by atoms with Crippen LogP contribution in [0.15, 0.2) is 0 Å². The van der Waals surface area contributed by atoms with Crippen LogP contribution in [-0.4, -0.2) is 61.1 Å². The fraction of sp³-hybridized carbons (Fsp3) is 0.929. The van der Waals surface area contributed by atoms with Gasteiger partial charge in [-0.25, -0.2) is 0 Å². The van der Waals surface area contributed by atoms with Crippen LogP contribution < -0.4 is 10.6 Å². The molecule has 0 spiro atoms. The lowest BCUT2D eigenvalue weighted by Crippen LogP contribution is -2.60. The summed E-state index contributed by atoms with van der Waals surface area (Å²) >= 11 is 1.89. The third kappa shape index (κ3) is 5.71. The van der Waals surface area contributed by atoms with Crippen molar-refractivity contribution >= 4 is 17.7 Å². The number of unbranched alkanes of at least 4 members (excludes halogenated alkanes) is 2. The second-order valence-electron chi connectivity index (χ2n) is 5.61. The summed E-state index contributed by atoms with van der Waals surface area (Å²) in [5, 5.41) is 6.41. The Morgan fingerprint density at radius 1 is 1.26 bits per heavy atom. The molecule has 0 aliphatic carbocycles. The van der Waals surface area contributed by atoms with E-state index in [4.69, 9.17) is 0 Å². The number of hydrogen-bond acceptors (Lipinski definition) is 4. The average Bonchev–Trinajstić information content (AvgIpc) is 2.43. The van der Waals surface area contributed by atoms with E-state index in [9.17, 15) is 4.79 Å². The average molecular weight is 287 g/mol. The van der Waals surface area contributed by atoms with Crippen LogP contribution in [-0.2, 0) is 4.79 Å². The highest BCUT2D eigenvalue weighted by atomic mass is 32.2. The summed E-state index contributed by atoms with van der Waals surface area (Å²) in [5.41, 5.74) is -0.388. The number of carbonyl (C=O) groups is 1. The molecule has 4 nitrogen and oxygen atoms in total. The second-order valence-corrected chi connectivity index (χ2v) is 6.59. The van der Waals surface area contributed by atoms with Gasteiger partial charge in [0.15, 0.2) is 0 Å². The van der Waals surface area contributed by atoms with Gasteiger partial charge >= 0.3 is 0 Å². The van der Waals surface area contributed by atoms with Crippen molar-refractivity contribution in [2.75, 3.05) is 44.7 Å². The summed E-state index contributed by atoms with van der Waals surface area (Å²) in [6, 6.07) is 0. The van der Waals surface area contributed by atoms with E-state index in [0.29, 0.717) is 0 Å². The molecule has 2 N–H and O–H groups in total. The van der Waals surface area contributed by atoms with Gasteiger partial charge in [-0.05, 0) is 38.7 Å². The molecule has 0 aromatic rings. The molecular formula is C14H29N3OS. The molecule has 0 radical (unpaired) electrons. The summed E-state index contributed by atoms with van der Waals surface area (Å²) < 4.78 is 0. The van der Waals surface area contributed by atoms with Gasteiger partial charge in [-0.3, -0.25) is 9.69 Å². The van der Waals surface area contributed by atoms with Crippen molar-refractivity contribution in [3.05, 3.63) is 0 Å². The van der Waals surface area contributed by atoms with Crippen molar-refractivity contribution in [2.45, 2.75) is 38.6 Å². The lowest BCUT2D eigenvalue weighted by molar-refractivity contribution is -0.132. The maximum Gasteiger partial charge on any atom is 0.239 e. The minimum atomic E-state index is -0.388. The number of hydrogen-bond donors (Lipinski definition) is 2. The first-order chi connectivity index (χ1) is 9.09. The lowest BCUT2D eigenvalue weighted by atomic mass is 10.0. The number of nitrogens with one attached hydrogen (secondary N) is 2. The molecule has 0 aromatic carbocycles.